The van der Waals surface area contributed by atoms with Crippen molar-refractivity contribution in [1.82, 2.24) is 0 Å². The first kappa shape index (κ1) is 13.1. The molecule has 0 heterocycles. The Morgan fingerprint density at radius 3 is 2.63 bits per heavy atom. The zero-order valence-corrected chi connectivity index (χ0v) is 11.0. The average Bonchev–Trinajstić information content (AvgIpc) is 2.37. The summed E-state index contributed by atoms with van der Waals surface area (Å²) < 4.78 is 13.3. The van der Waals surface area contributed by atoms with Crippen LogP contribution in [0.3, 0.4) is 0 Å². The normalized spacial score (nSPS) is 10.0. The SMILES string of the molecule is Cc1ccc(NCc2cc(F)cc(C#N)c2)c(C)c1. The summed E-state index contributed by atoms with van der Waals surface area (Å²) in [5.74, 6) is -0.378. The van der Waals surface area contributed by atoms with Crippen LogP contribution in [0.25, 0.3) is 0 Å². The van der Waals surface area contributed by atoms with Crippen LogP contribution < -0.4 is 5.32 Å². The molecule has 0 amide bonds. The summed E-state index contributed by atoms with van der Waals surface area (Å²) in [5.41, 5.74) is 4.49. The van der Waals surface area contributed by atoms with Crippen LogP contribution >= 0.6 is 0 Å². The molecule has 96 valence electrons. The molecule has 2 aromatic carbocycles. The molecule has 0 saturated carbocycles. The molecule has 0 spiro atoms. The van der Waals surface area contributed by atoms with Gasteiger partial charge in [-0.25, -0.2) is 4.39 Å². The molecule has 19 heavy (non-hydrogen) atoms. The molecule has 0 atom stereocenters. The largest absolute Gasteiger partial charge is 0.381 e. The summed E-state index contributed by atoms with van der Waals surface area (Å²) in [6, 6.07) is 12.5. The smallest absolute Gasteiger partial charge is 0.124 e. The highest BCUT2D eigenvalue weighted by atomic mass is 19.1. The Morgan fingerprint density at radius 2 is 1.95 bits per heavy atom. The Labute approximate surface area is 112 Å². The summed E-state index contributed by atoms with van der Waals surface area (Å²) in [5, 5.41) is 12.1. The minimum absolute atomic E-state index is 0.345. The van der Waals surface area contributed by atoms with E-state index in [2.05, 4.69) is 11.4 Å². The van der Waals surface area contributed by atoms with Crippen molar-refractivity contribution in [2.24, 2.45) is 0 Å². The maximum Gasteiger partial charge on any atom is 0.124 e. The molecule has 0 bridgehead atoms. The number of nitrogens with one attached hydrogen (secondary N) is 1. The van der Waals surface area contributed by atoms with Crippen molar-refractivity contribution in [3.05, 3.63) is 64.5 Å². The molecular formula is C16H15FN2. The fraction of sp³-hybridized carbons (Fsp3) is 0.188. The van der Waals surface area contributed by atoms with Gasteiger partial charge in [-0.15, -0.1) is 0 Å². The molecular weight excluding hydrogens is 239 g/mol. The van der Waals surface area contributed by atoms with Crippen LogP contribution in [0.2, 0.25) is 0 Å². The summed E-state index contributed by atoms with van der Waals surface area (Å²) in [6.45, 7) is 4.57. The molecule has 2 aromatic rings. The van der Waals surface area contributed by atoms with E-state index in [4.69, 9.17) is 5.26 Å². The maximum atomic E-state index is 13.3. The van der Waals surface area contributed by atoms with Gasteiger partial charge in [0, 0.05) is 12.2 Å². The molecule has 0 saturated heterocycles. The minimum atomic E-state index is -0.378. The Balaban J connectivity index is 2.14. The number of aryl methyl sites for hydroxylation is 2. The third-order valence-electron chi connectivity index (χ3n) is 2.95. The van der Waals surface area contributed by atoms with Crippen LogP contribution in [-0.2, 0) is 6.54 Å². The summed E-state index contributed by atoms with van der Waals surface area (Å²) >= 11 is 0. The number of halogens is 1. The van der Waals surface area contributed by atoms with Gasteiger partial charge in [-0.05, 0) is 49.2 Å². The zero-order chi connectivity index (χ0) is 13.8. The van der Waals surface area contributed by atoms with Crippen molar-refractivity contribution in [1.29, 1.82) is 5.26 Å². The first-order valence-electron chi connectivity index (χ1n) is 6.09. The number of rotatable bonds is 3. The second-order valence-electron chi connectivity index (χ2n) is 4.63. The van der Waals surface area contributed by atoms with Crippen molar-refractivity contribution < 1.29 is 4.39 Å². The van der Waals surface area contributed by atoms with Gasteiger partial charge in [-0.3, -0.25) is 0 Å². The fourth-order valence-corrected chi connectivity index (χ4v) is 2.03. The van der Waals surface area contributed by atoms with Crippen molar-refractivity contribution in [3.8, 4) is 6.07 Å². The van der Waals surface area contributed by atoms with Gasteiger partial charge in [0.1, 0.15) is 5.82 Å². The van der Waals surface area contributed by atoms with E-state index in [0.717, 1.165) is 16.8 Å². The predicted octanol–water partition coefficient (Wildman–Crippen LogP) is 3.93. The first-order valence-corrected chi connectivity index (χ1v) is 6.09. The number of nitrogens with zero attached hydrogens (tertiary/aromatic N) is 1. The molecule has 0 radical (unpaired) electrons. The van der Waals surface area contributed by atoms with Crippen LogP contribution in [0.1, 0.15) is 22.3 Å². The highest BCUT2D eigenvalue weighted by Crippen LogP contribution is 2.17. The molecule has 2 nitrogen and oxygen atoms in total. The molecule has 3 heteroatoms. The van der Waals surface area contributed by atoms with Gasteiger partial charge in [0.25, 0.3) is 0 Å². The van der Waals surface area contributed by atoms with E-state index in [-0.39, 0.29) is 5.82 Å². The number of anilines is 1. The quantitative estimate of drug-likeness (QED) is 0.900. The Morgan fingerprint density at radius 1 is 1.16 bits per heavy atom. The van der Waals surface area contributed by atoms with Crippen LogP contribution in [0.15, 0.2) is 36.4 Å². The van der Waals surface area contributed by atoms with Crippen molar-refractivity contribution in [3.63, 3.8) is 0 Å². The summed E-state index contributed by atoms with van der Waals surface area (Å²) in [4.78, 5) is 0. The van der Waals surface area contributed by atoms with Crippen LogP contribution in [0, 0.1) is 31.0 Å². The van der Waals surface area contributed by atoms with Gasteiger partial charge in [0.15, 0.2) is 0 Å². The van der Waals surface area contributed by atoms with Gasteiger partial charge in [-0.1, -0.05) is 17.7 Å². The number of nitriles is 1. The molecule has 0 aliphatic carbocycles. The molecule has 0 aliphatic rings. The van der Waals surface area contributed by atoms with Gasteiger partial charge in [0.2, 0.25) is 0 Å². The summed E-state index contributed by atoms with van der Waals surface area (Å²) in [6.07, 6.45) is 0. The van der Waals surface area contributed by atoms with Crippen LogP contribution in [0.5, 0.6) is 0 Å². The Bertz CT molecular complexity index is 642. The van der Waals surface area contributed by atoms with Gasteiger partial charge in [-0.2, -0.15) is 5.26 Å². The lowest BCUT2D eigenvalue weighted by atomic mass is 10.1. The number of hydrogen-bond donors (Lipinski definition) is 1. The van der Waals surface area contributed by atoms with Gasteiger partial charge < -0.3 is 5.32 Å². The van der Waals surface area contributed by atoms with E-state index < -0.39 is 0 Å². The standard InChI is InChI=1S/C16H15FN2/c1-11-3-4-16(12(2)5-11)19-10-14-6-13(9-18)7-15(17)8-14/h3-8,19H,10H2,1-2H3. The second kappa shape index (κ2) is 5.53. The summed E-state index contributed by atoms with van der Waals surface area (Å²) in [7, 11) is 0. The van der Waals surface area contributed by atoms with E-state index in [1.165, 1.54) is 17.7 Å². The first-order chi connectivity index (χ1) is 9.08. The monoisotopic (exact) mass is 254 g/mol. The lowest BCUT2D eigenvalue weighted by molar-refractivity contribution is 0.625. The maximum absolute atomic E-state index is 13.3. The van der Waals surface area contributed by atoms with E-state index >= 15 is 0 Å². The van der Waals surface area contributed by atoms with E-state index in [1.807, 2.05) is 32.0 Å². The molecule has 0 aromatic heterocycles. The predicted molar refractivity (Wildman–Crippen MR) is 74.4 cm³/mol. The number of benzene rings is 2. The molecule has 2 rings (SSSR count). The third kappa shape index (κ3) is 3.32. The average molecular weight is 254 g/mol. The molecule has 0 fully saturated rings. The lowest BCUT2D eigenvalue weighted by Gasteiger charge is -2.10. The Hall–Kier alpha value is -2.34. The van der Waals surface area contributed by atoms with E-state index in [9.17, 15) is 4.39 Å². The molecule has 0 aliphatic heterocycles. The molecule has 0 unspecified atom stereocenters. The fourth-order valence-electron chi connectivity index (χ4n) is 2.03. The minimum Gasteiger partial charge on any atom is -0.381 e. The van der Waals surface area contributed by atoms with Crippen LogP contribution in [0.4, 0.5) is 10.1 Å². The van der Waals surface area contributed by atoms with E-state index in [0.29, 0.717) is 12.1 Å². The van der Waals surface area contributed by atoms with Gasteiger partial charge >= 0.3 is 0 Å². The topological polar surface area (TPSA) is 35.8 Å². The Kier molecular flexibility index (Phi) is 3.82. The van der Waals surface area contributed by atoms with Gasteiger partial charge in [0.05, 0.1) is 11.6 Å². The second-order valence-corrected chi connectivity index (χ2v) is 4.63. The third-order valence-corrected chi connectivity index (χ3v) is 2.95. The number of hydrogen-bond acceptors (Lipinski definition) is 2. The highest BCUT2D eigenvalue weighted by molar-refractivity contribution is 5.52. The lowest BCUT2D eigenvalue weighted by Crippen LogP contribution is -2.02. The zero-order valence-electron chi connectivity index (χ0n) is 11.0. The molecule has 1 N–H and O–H groups in total. The van der Waals surface area contributed by atoms with E-state index in [1.54, 1.807) is 6.07 Å². The van der Waals surface area contributed by atoms with Crippen molar-refractivity contribution >= 4 is 5.69 Å². The van der Waals surface area contributed by atoms with Crippen LogP contribution in [-0.4, -0.2) is 0 Å². The van der Waals surface area contributed by atoms with Crippen molar-refractivity contribution in [2.45, 2.75) is 20.4 Å². The van der Waals surface area contributed by atoms with Crippen molar-refractivity contribution in [2.75, 3.05) is 5.32 Å². The highest BCUT2D eigenvalue weighted by Gasteiger charge is 2.02.